The van der Waals surface area contributed by atoms with E-state index in [4.69, 9.17) is 5.73 Å². The van der Waals surface area contributed by atoms with E-state index in [-0.39, 0.29) is 0 Å². The Morgan fingerprint density at radius 3 is 2.93 bits per heavy atom. The Morgan fingerprint density at radius 2 is 2.20 bits per heavy atom. The third-order valence-corrected chi connectivity index (χ3v) is 3.07. The van der Waals surface area contributed by atoms with Crippen molar-refractivity contribution in [2.24, 2.45) is 5.92 Å². The predicted molar refractivity (Wildman–Crippen MR) is 66.2 cm³/mol. The summed E-state index contributed by atoms with van der Waals surface area (Å²) < 4.78 is 0. The van der Waals surface area contributed by atoms with Crippen molar-refractivity contribution in [1.29, 1.82) is 0 Å². The van der Waals surface area contributed by atoms with Gasteiger partial charge in [-0.3, -0.25) is 0 Å². The zero-order valence-corrected chi connectivity index (χ0v) is 9.66. The molecule has 0 saturated heterocycles. The Bertz CT molecular complexity index is 344. The maximum atomic E-state index is 5.78. The van der Waals surface area contributed by atoms with Crippen LogP contribution in [-0.2, 0) is 6.42 Å². The van der Waals surface area contributed by atoms with E-state index in [2.05, 4.69) is 30.9 Å². The van der Waals surface area contributed by atoms with E-state index in [0.29, 0.717) is 0 Å². The monoisotopic (exact) mass is 204 g/mol. The topological polar surface area (TPSA) is 29.3 Å². The number of rotatable bonds is 3. The maximum absolute atomic E-state index is 5.78. The number of hydrogen-bond donors (Lipinski definition) is 1. The minimum absolute atomic E-state index is 0.780. The Balaban J connectivity index is 2.08. The van der Waals surface area contributed by atoms with Gasteiger partial charge in [0.15, 0.2) is 0 Å². The summed E-state index contributed by atoms with van der Waals surface area (Å²) in [5, 5.41) is 0. The molecular formula is C13H20N2. The molecule has 0 aliphatic carbocycles. The van der Waals surface area contributed by atoms with Crippen LogP contribution in [0.1, 0.15) is 25.8 Å². The Kier molecular flexibility index (Phi) is 2.85. The summed E-state index contributed by atoms with van der Waals surface area (Å²) in [6.45, 7) is 6.89. The van der Waals surface area contributed by atoms with Gasteiger partial charge in [-0.2, -0.15) is 0 Å². The van der Waals surface area contributed by atoms with E-state index in [9.17, 15) is 0 Å². The van der Waals surface area contributed by atoms with E-state index < -0.39 is 0 Å². The van der Waals surface area contributed by atoms with Crippen molar-refractivity contribution in [2.75, 3.05) is 23.7 Å². The van der Waals surface area contributed by atoms with E-state index in [0.717, 1.165) is 24.6 Å². The molecule has 1 aliphatic heterocycles. The van der Waals surface area contributed by atoms with Gasteiger partial charge in [-0.15, -0.1) is 0 Å². The smallest absolute Gasteiger partial charge is 0.0401 e. The van der Waals surface area contributed by atoms with Gasteiger partial charge in [0.05, 0.1) is 0 Å². The number of nitrogen functional groups attached to an aromatic ring is 1. The maximum Gasteiger partial charge on any atom is 0.0401 e. The highest BCUT2D eigenvalue weighted by Crippen LogP contribution is 2.29. The molecule has 2 rings (SSSR count). The molecule has 2 heteroatoms. The minimum Gasteiger partial charge on any atom is -0.399 e. The Morgan fingerprint density at radius 1 is 1.40 bits per heavy atom. The van der Waals surface area contributed by atoms with Crippen molar-refractivity contribution < 1.29 is 0 Å². The SMILES string of the molecule is CC(C)CCN1CCc2cc(N)ccc21. The van der Waals surface area contributed by atoms with Crippen LogP contribution in [0.2, 0.25) is 0 Å². The fourth-order valence-electron chi connectivity index (χ4n) is 2.14. The molecule has 0 bridgehead atoms. The van der Waals surface area contributed by atoms with Crippen LogP contribution in [0.25, 0.3) is 0 Å². The van der Waals surface area contributed by atoms with Crippen molar-refractivity contribution in [1.82, 2.24) is 0 Å². The van der Waals surface area contributed by atoms with Crippen LogP contribution >= 0.6 is 0 Å². The van der Waals surface area contributed by atoms with Gasteiger partial charge in [-0.25, -0.2) is 0 Å². The number of fused-ring (bicyclic) bond motifs is 1. The zero-order valence-electron chi connectivity index (χ0n) is 9.66. The molecule has 2 nitrogen and oxygen atoms in total. The van der Waals surface area contributed by atoms with Gasteiger partial charge in [-0.1, -0.05) is 13.8 Å². The number of anilines is 2. The van der Waals surface area contributed by atoms with Crippen molar-refractivity contribution in [2.45, 2.75) is 26.7 Å². The highest BCUT2D eigenvalue weighted by atomic mass is 15.1. The van der Waals surface area contributed by atoms with Gasteiger partial charge >= 0.3 is 0 Å². The summed E-state index contributed by atoms with van der Waals surface area (Å²) in [6, 6.07) is 6.29. The second-order valence-electron chi connectivity index (χ2n) is 4.81. The van der Waals surface area contributed by atoms with Gasteiger partial charge in [0.25, 0.3) is 0 Å². The molecular weight excluding hydrogens is 184 g/mol. The van der Waals surface area contributed by atoms with Crippen LogP contribution in [0.3, 0.4) is 0 Å². The molecule has 0 saturated carbocycles. The van der Waals surface area contributed by atoms with Gasteiger partial charge in [0.2, 0.25) is 0 Å². The van der Waals surface area contributed by atoms with E-state index in [1.54, 1.807) is 0 Å². The van der Waals surface area contributed by atoms with Crippen molar-refractivity contribution in [3.05, 3.63) is 23.8 Å². The lowest BCUT2D eigenvalue weighted by Crippen LogP contribution is -2.22. The van der Waals surface area contributed by atoms with E-state index in [1.165, 1.54) is 24.2 Å². The van der Waals surface area contributed by atoms with Gasteiger partial charge in [0.1, 0.15) is 0 Å². The molecule has 15 heavy (non-hydrogen) atoms. The normalized spacial score (nSPS) is 14.7. The fraction of sp³-hybridized carbons (Fsp3) is 0.538. The molecule has 0 aromatic heterocycles. The predicted octanol–water partition coefficient (Wildman–Crippen LogP) is 2.68. The first-order chi connectivity index (χ1) is 7.16. The highest BCUT2D eigenvalue weighted by Gasteiger charge is 2.18. The summed E-state index contributed by atoms with van der Waals surface area (Å²) in [5.41, 5.74) is 9.48. The number of benzene rings is 1. The first kappa shape index (κ1) is 10.3. The molecule has 0 spiro atoms. The number of nitrogens with two attached hydrogens (primary N) is 1. The summed E-state index contributed by atoms with van der Waals surface area (Å²) in [7, 11) is 0. The summed E-state index contributed by atoms with van der Waals surface area (Å²) in [4.78, 5) is 2.48. The third-order valence-electron chi connectivity index (χ3n) is 3.07. The molecule has 1 aromatic carbocycles. The first-order valence-corrected chi connectivity index (χ1v) is 5.80. The molecule has 0 radical (unpaired) electrons. The summed E-state index contributed by atoms with van der Waals surface area (Å²) >= 11 is 0. The van der Waals surface area contributed by atoms with Crippen molar-refractivity contribution in [3.8, 4) is 0 Å². The van der Waals surface area contributed by atoms with Gasteiger partial charge < -0.3 is 10.6 Å². The van der Waals surface area contributed by atoms with Crippen LogP contribution in [0.5, 0.6) is 0 Å². The van der Waals surface area contributed by atoms with Crippen LogP contribution in [-0.4, -0.2) is 13.1 Å². The van der Waals surface area contributed by atoms with Crippen LogP contribution in [0.4, 0.5) is 11.4 Å². The minimum atomic E-state index is 0.780. The molecule has 1 aliphatic rings. The lowest BCUT2D eigenvalue weighted by molar-refractivity contribution is 0.578. The van der Waals surface area contributed by atoms with Crippen LogP contribution in [0, 0.1) is 5.92 Å². The second-order valence-corrected chi connectivity index (χ2v) is 4.81. The molecule has 0 amide bonds. The molecule has 1 aromatic rings. The quantitative estimate of drug-likeness (QED) is 0.767. The Hall–Kier alpha value is -1.18. The lowest BCUT2D eigenvalue weighted by Gasteiger charge is -2.20. The number of hydrogen-bond acceptors (Lipinski definition) is 2. The average Bonchev–Trinajstić information content (AvgIpc) is 2.57. The Labute approximate surface area is 92.1 Å². The first-order valence-electron chi connectivity index (χ1n) is 5.80. The number of nitrogens with zero attached hydrogens (tertiary/aromatic N) is 1. The third kappa shape index (κ3) is 2.25. The van der Waals surface area contributed by atoms with Gasteiger partial charge in [-0.05, 0) is 42.5 Å². The van der Waals surface area contributed by atoms with Gasteiger partial charge in [0, 0.05) is 24.5 Å². The lowest BCUT2D eigenvalue weighted by atomic mass is 10.1. The molecule has 0 atom stereocenters. The largest absolute Gasteiger partial charge is 0.399 e. The van der Waals surface area contributed by atoms with E-state index >= 15 is 0 Å². The molecule has 0 unspecified atom stereocenters. The standard InChI is InChI=1S/C13H20N2/c1-10(2)5-7-15-8-6-11-9-12(14)3-4-13(11)15/h3-4,9-10H,5-8,14H2,1-2H3. The molecule has 2 N–H and O–H groups in total. The van der Waals surface area contributed by atoms with Crippen LogP contribution in [0.15, 0.2) is 18.2 Å². The van der Waals surface area contributed by atoms with Crippen molar-refractivity contribution >= 4 is 11.4 Å². The molecule has 1 heterocycles. The molecule has 82 valence electrons. The van der Waals surface area contributed by atoms with Crippen LogP contribution < -0.4 is 10.6 Å². The zero-order chi connectivity index (χ0) is 10.8. The summed E-state index contributed by atoms with van der Waals surface area (Å²) in [5.74, 6) is 0.780. The second kappa shape index (κ2) is 4.13. The van der Waals surface area contributed by atoms with Crippen molar-refractivity contribution in [3.63, 3.8) is 0 Å². The average molecular weight is 204 g/mol. The summed E-state index contributed by atoms with van der Waals surface area (Å²) in [6.07, 6.45) is 2.42. The highest BCUT2D eigenvalue weighted by molar-refractivity contribution is 5.62. The van der Waals surface area contributed by atoms with E-state index in [1.807, 2.05) is 6.07 Å². The fourth-order valence-corrected chi connectivity index (χ4v) is 2.14. The molecule has 0 fully saturated rings.